The van der Waals surface area contributed by atoms with E-state index < -0.39 is 0 Å². The van der Waals surface area contributed by atoms with Crippen molar-refractivity contribution in [2.24, 2.45) is 0 Å². The molecule has 4 N–H and O–H groups in total. The minimum Gasteiger partial charge on any atom is -0.508 e. The third-order valence-electron chi connectivity index (χ3n) is 6.13. The lowest BCUT2D eigenvalue weighted by atomic mass is 10.0. The molecule has 9 heteroatoms. The van der Waals surface area contributed by atoms with Crippen LogP contribution in [-0.4, -0.2) is 92.3 Å². The number of nitrogen functional groups attached to an aromatic ring is 1. The summed E-state index contributed by atoms with van der Waals surface area (Å²) in [6.07, 6.45) is 4.00. The number of aryl methyl sites for hydroxylation is 1. The third kappa shape index (κ3) is 14.4. The summed E-state index contributed by atoms with van der Waals surface area (Å²) >= 11 is 0. The second-order valence-electron chi connectivity index (χ2n) is 9.83. The fraction of sp³-hybridized carbons (Fsp3) is 0.303. The quantitative estimate of drug-likeness (QED) is 0.0878. The molecule has 0 fully saturated rings. The summed E-state index contributed by atoms with van der Waals surface area (Å²) in [5.74, 6) is 0.329. The largest absolute Gasteiger partial charge is 0.508 e. The number of benzene rings is 3. The minimum absolute atomic E-state index is 0.171. The number of carbonyl (C=O) groups excluding carboxylic acids is 3. The van der Waals surface area contributed by atoms with Crippen LogP contribution < -0.4 is 11.1 Å². The first-order valence-corrected chi connectivity index (χ1v) is 13.6. The molecule has 0 bridgehead atoms. The van der Waals surface area contributed by atoms with E-state index in [-0.39, 0.29) is 12.7 Å². The Morgan fingerprint density at radius 1 is 0.905 bits per heavy atom. The van der Waals surface area contributed by atoms with E-state index in [0.717, 1.165) is 42.3 Å². The summed E-state index contributed by atoms with van der Waals surface area (Å²) in [4.78, 5) is 37.2. The van der Waals surface area contributed by atoms with Gasteiger partial charge in [0.1, 0.15) is 18.3 Å². The maximum Gasteiger partial charge on any atom is 0.210 e. The molecule has 0 aliphatic heterocycles. The van der Waals surface area contributed by atoms with Crippen LogP contribution in [0.1, 0.15) is 11.1 Å². The Balaban J connectivity index is 0.000000477. The highest BCUT2D eigenvalue weighted by molar-refractivity contribution is 5.67. The number of phenols is 1. The number of rotatable bonds is 14. The second-order valence-corrected chi connectivity index (χ2v) is 9.83. The lowest BCUT2D eigenvalue weighted by Crippen LogP contribution is -2.50. The van der Waals surface area contributed by atoms with E-state index in [1.54, 1.807) is 30.2 Å². The summed E-state index contributed by atoms with van der Waals surface area (Å²) in [5, 5.41) is 11.6. The van der Waals surface area contributed by atoms with Gasteiger partial charge in [0.05, 0.1) is 19.3 Å². The third-order valence-corrected chi connectivity index (χ3v) is 6.13. The predicted octanol–water partition coefficient (Wildman–Crippen LogP) is 3.57. The van der Waals surface area contributed by atoms with Gasteiger partial charge < -0.3 is 30.6 Å². The molecular formula is C33H45N5O4. The van der Waals surface area contributed by atoms with Crippen LogP contribution in [0.4, 0.5) is 5.69 Å². The highest BCUT2D eigenvalue weighted by Crippen LogP contribution is 2.23. The van der Waals surface area contributed by atoms with Crippen molar-refractivity contribution in [3.05, 3.63) is 96.6 Å². The molecule has 0 saturated carbocycles. The van der Waals surface area contributed by atoms with E-state index in [4.69, 9.17) is 10.8 Å². The molecule has 1 atom stereocenters. The van der Waals surface area contributed by atoms with E-state index in [2.05, 4.69) is 35.0 Å². The molecular weight excluding hydrogens is 530 g/mol. The molecule has 1 unspecified atom stereocenters. The molecule has 9 nitrogen and oxygen atoms in total. The van der Waals surface area contributed by atoms with Gasteiger partial charge >= 0.3 is 0 Å². The van der Waals surface area contributed by atoms with Gasteiger partial charge in [0, 0.05) is 32.4 Å². The Kier molecular flexibility index (Phi) is 17.5. The van der Waals surface area contributed by atoms with Crippen molar-refractivity contribution in [2.75, 3.05) is 53.1 Å². The maximum atomic E-state index is 11.2. The summed E-state index contributed by atoms with van der Waals surface area (Å²) in [6.45, 7) is 8.21. The second kappa shape index (κ2) is 20.5. The first-order valence-electron chi connectivity index (χ1n) is 13.6. The van der Waals surface area contributed by atoms with Crippen molar-refractivity contribution < 1.29 is 19.5 Å². The van der Waals surface area contributed by atoms with Crippen molar-refractivity contribution in [3.8, 4) is 16.9 Å². The predicted molar refractivity (Wildman–Crippen MR) is 171 cm³/mol. The Morgan fingerprint density at radius 2 is 1.55 bits per heavy atom. The first kappa shape index (κ1) is 35.7. The van der Waals surface area contributed by atoms with Gasteiger partial charge in [-0.1, -0.05) is 54.1 Å². The Bertz CT molecular complexity index is 1190. The van der Waals surface area contributed by atoms with Gasteiger partial charge in [0.15, 0.2) is 0 Å². The molecule has 3 aromatic carbocycles. The summed E-state index contributed by atoms with van der Waals surface area (Å²) in [7, 11) is 5.58. The Hall–Kier alpha value is -4.31. The van der Waals surface area contributed by atoms with Crippen molar-refractivity contribution in [3.63, 3.8) is 0 Å². The molecule has 3 rings (SSSR count). The van der Waals surface area contributed by atoms with Crippen molar-refractivity contribution in [1.82, 2.24) is 20.0 Å². The average Bonchev–Trinajstić information content (AvgIpc) is 2.98. The van der Waals surface area contributed by atoms with Crippen LogP contribution in [-0.2, 0) is 20.9 Å². The number of aldehydes is 2. The smallest absolute Gasteiger partial charge is 0.210 e. The van der Waals surface area contributed by atoms with Crippen LogP contribution in [0.2, 0.25) is 0 Å². The van der Waals surface area contributed by atoms with Gasteiger partial charge in [-0.3, -0.25) is 14.6 Å². The van der Waals surface area contributed by atoms with E-state index in [9.17, 15) is 14.4 Å². The molecule has 42 heavy (non-hydrogen) atoms. The maximum absolute atomic E-state index is 11.2. The Labute approximate surface area is 250 Å². The summed E-state index contributed by atoms with van der Waals surface area (Å²) in [5.41, 5.74) is 11.2. The minimum atomic E-state index is -0.171. The van der Waals surface area contributed by atoms with E-state index in [0.29, 0.717) is 25.4 Å². The fourth-order valence-corrected chi connectivity index (χ4v) is 3.90. The van der Waals surface area contributed by atoms with Crippen molar-refractivity contribution in [1.29, 1.82) is 0 Å². The number of aromatic hydroxyl groups is 1. The molecule has 226 valence electrons. The van der Waals surface area contributed by atoms with Crippen molar-refractivity contribution in [2.45, 2.75) is 19.6 Å². The van der Waals surface area contributed by atoms with Gasteiger partial charge in [-0.2, -0.15) is 0 Å². The SMILES string of the molecule is C=CCNCC=O.CN(Cc1cccc(-c2cccc(N)c2)c1)CC(N(C)C=O)N(C)CC=O.Cc1ccc(O)cc1. The highest BCUT2D eigenvalue weighted by atomic mass is 16.3. The van der Waals surface area contributed by atoms with Gasteiger partial charge in [-0.25, -0.2) is 0 Å². The van der Waals surface area contributed by atoms with Gasteiger partial charge in [-0.05, 0) is 68.0 Å². The molecule has 0 spiro atoms. The molecule has 0 heterocycles. The number of anilines is 1. The number of hydrogen-bond acceptors (Lipinski definition) is 8. The number of nitrogens with zero attached hydrogens (tertiary/aromatic N) is 3. The number of nitrogens with one attached hydrogen (secondary N) is 1. The zero-order valence-electron chi connectivity index (χ0n) is 25.1. The van der Waals surface area contributed by atoms with Gasteiger partial charge in [0.25, 0.3) is 0 Å². The molecule has 3 aromatic rings. The molecule has 0 radical (unpaired) electrons. The topological polar surface area (TPSA) is 119 Å². The van der Waals surface area contributed by atoms with Crippen LogP contribution >= 0.6 is 0 Å². The summed E-state index contributed by atoms with van der Waals surface area (Å²) < 4.78 is 0. The van der Waals surface area contributed by atoms with Gasteiger partial charge in [-0.15, -0.1) is 6.58 Å². The van der Waals surface area contributed by atoms with Crippen LogP contribution in [0.15, 0.2) is 85.5 Å². The van der Waals surface area contributed by atoms with E-state index in [1.807, 2.05) is 68.4 Å². The zero-order valence-corrected chi connectivity index (χ0v) is 25.1. The van der Waals surface area contributed by atoms with Crippen LogP contribution in [0.25, 0.3) is 11.1 Å². The van der Waals surface area contributed by atoms with Crippen LogP contribution in [0.5, 0.6) is 5.75 Å². The van der Waals surface area contributed by atoms with E-state index >= 15 is 0 Å². The highest BCUT2D eigenvalue weighted by Gasteiger charge is 2.20. The normalized spacial score (nSPS) is 10.9. The number of likely N-dealkylation sites (N-methyl/N-ethyl adjacent to an activating group) is 3. The van der Waals surface area contributed by atoms with Crippen molar-refractivity contribution >= 4 is 24.7 Å². The standard InChI is InChI=1S/C21H28N4O2.C7H8O.C5H9NO/c1-23(15-21(25(3)16-27)24(2)10-11-26)14-17-6-4-7-18(12-17)19-8-5-9-20(22)13-19;1-6-2-4-7(8)5-3-6;1-2-3-6-4-5-7/h4-9,11-13,16,21H,10,14-15,22H2,1-3H3;2-5,8H,1H3;2,5-6H,1,3-4H2. The average molecular weight is 576 g/mol. The zero-order chi connectivity index (χ0) is 31.3. The number of amides is 1. The first-order chi connectivity index (χ1) is 20.1. The van der Waals surface area contributed by atoms with E-state index in [1.165, 1.54) is 11.1 Å². The number of phenolic OH excluding ortho intramolecular Hbond substituents is 1. The molecule has 0 aliphatic rings. The molecule has 0 aromatic heterocycles. The lowest BCUT2D eigenvalue weighted by Gasteiger charge is -2.35. The molecule has 0 saturated heterocycles. The van der Waals surface area contributed by atoms with Crippen LogP contribution in [0.3, 0.4) is 0 Å². The summed E-state index contributed by atoms with van der Waals surface area (Å²) in [6, 6.07) is 23.3. The molecule has 0 aliphatic carbocycles. The van der Waals surface area contributed by atoms with Crippen LogP contribution in [0, 0.1) is 6.92 Å². The monoisotopic (exact) mass is 575 g/mol. The number of nitrogens with two attached hydrogens (primary N) is 1. The van der Waals surface area contributed by atoms with Gasteiger partial charge in [0.2, 0.25) is 6.41 Å². The lowest BCUT2D eigenvalue weighted by molar-refractivity contribution is -0.124. The molecule has 1 amide bonds. The number of carbonyl (C=O) groups is 3. The fourth-order valence-electron chi connectivity index (χ4n) is 3.90. The Morgan fingerprint density at radius 3 is 2.10 bits per heavy atom. The number of hydrogen-bond donors (Lipinski definition) is 3.